The van der Waals surface area contributed by atoms with Crippen LogP contribution in [0.15, 0.2) is 42.5 Å². The molecule has 3 N–H and O–H groups in total. The van der Waals surface area contributed by atoms with E-state index < -0.39 is 10.0 Å². The van der Waals surface area contributed by atoms with Crippen molar-refractivity contribution in [3.8, 4) is 0 Å². The minimum Gasteiger partial charge on any atom is -0.367 e. The van der Waals surface area contributed by atoms with Crippen molar-refractivity contribution in [2.45, 2.75) is 45.6 Å². The molecule has 1 aliphatic rings. The van der Waals surface area contributed by atoms with Crippen LogP contribution in [0.1, 0.15) is 50.3 Å². The zero-order valence-electron chi connectivity index (χ0n) is 20.2. The molecule has 7 nitrogen and oxygen atoms in total. The summed E-state index contributed by atoms with van der Waals surface area (Å²) in [5, 5.41) is 6.34. The second-order valence-corrected chi connectivity index (χ2v) is 11.5. The molecule has 1 saturated heterocycles. The third kappa shape index (κ3) is 6.95. The molecular formula is C25H36N4O3S. The van der Waals surface area contributed by atoms with Gasteiger partial charge >= 0.3 is 0 Å². The summed E-state index contributed by atoms with van der Waals surface area (Å²) in [6, 6.07) is 13.8. The van der Waals surface area contributed by atoms with E-state index in [-0.39, 0.29) is 17.2 Å². The topological polar surface area (TPSA) is 90.5 Å². The lowest BCUT2D eigenvalue weighted by Crippen LogP contribution is -2.43. The van der Waals surface area contributed by atoms with Gasteiger partial charge in [0, 0.05) is 32.7 Å². The van der Waals surface area contributed by atoms with Gasteiger partial charge in [-0.3, -0.25) is 9.52 Å². The molecule has 2 aromatic carbocycles. The molecule has 1 heterocycles. The van der Waals surface area contributed by atoms with Gasteiger partial charge in [-0.25, -0.2) is 8.42 Å². The van der Waals surface area contributed by atoms with Crippen LogP contribution in [-0.2, 0) is 26.8 Å². The van der Waals surface area contributed by atoms with Crippen LogP contribution in [-0.4, -0.2) is 46.8 Å². The van der Waals surface area contributed by atoms with Crippen molar-refractivity contribution in [2.24, 2.45) is 0 Å². The van der Waals surface area contributed by atoms with E-state index in [4.69, 9.17) is 0 Å². The number of sulfonamides is 1. The fourth-order valence-electron chi connectivity index (χ4n) is 3.89. The standard InChI is InChI=1S/C25H36N4O3S/c1-18(24(30)27-17-19-6-9-21(10-7-19)25(2,3)4)20-8-11-22(28-33(5,31)32)23(16-20)29-14-12-26-13-15-29/h6-11,16,18,26,28H,12-15,17H2,1-5H3,(H,27,30). The van der Waals surface area contributed by atoms with E-state index >= 15 is 0 Å². The molecule has 0 spiro atoms. The molecule has 8 heteroatoms. The summed E-state index contributed by atoms with van der Waals surface area (Å²) in [5.41, 5.74) is 4.60. The predicted octanol–water partition coefficient (Wildman–Crippen LogP) is 3.19. The van der Waals surface area contributed by atoms with Crippen molar-refractivity contribution in [1.29, 1.82) is 0 Å². The highest BCUT2D eigenvalue weighted by molar-refractivity contribution is 7.92. The van der Waals surface area contributed by atoms with Crippen LogP contribution in [0, 0.1) is 0 Å². The molecule has 1 fully saturated rings. The third-order valence-electron chi connectivity index (χ3n) is 5.95. The van der Waals surface area contributed by atoms with Crippen molar-refractivity contribution in [3.63, 3.8) is 0 Å². The fraction of sp³-hybridized carbons (Fsp3) is 0.480. The summed E-state index contributed by atoms with van der Waals surface area (Å²) >= 11 is 0. The molecular weight excluding hydrogens is 436 g/mol. The number of hydrogen-bond acceptors (Lipinski definition) is 5. The van der Waals surface area contributed by atoms with Gasteiger partial charge in [-0.1, -0.05) is 51.1 Å². The predicted molar refractivity (Wildman–Crippen MR) is 135 cm³/mol. The Morgan fingerprint density at radius 1 is 1.09 bits per heavy atom. The van der Waals surface area contributed by atoms with Gasteiger partial charge in [0.05, 0.1) is 23.5 Å². The van der Waals surface area contributed by atoms with E-state index in [1.54, 1.807) is 6.07 Å². The number of hydrogen-bond donors (Lipinski definition) is 3. The zero-order chi connectivity index (χ0) is 24.2. The Kier molecular flexibility index (Phi) is 7.69. The first-order valence-corrected chi connectivity index (χ1v) is 13.3. The Bertz CT molecular complexity index is 1070. The largest absolute Gasteiger partial charge is 0.367 e. The fourth-order valence-corrected chi connectivity index (χ4v) is 4.46. The van der Waals surface area contributed by atoms with Gasteiger partial charge in [0.2, 0.25) is 15.9 Å². The Morgan fingerprint density at radius 3 is 2.30 bits per heavy atom. The first-order valence-electron chi connectivity index (χ1n) is 11.4. The smallest absolute Gasteiger partial charge is 0.229 e. The summed E-state index contributed by atoms with van der Waals surface area (Å²) < 4.78 is 26.3. The number of carbonyl (C=O) groups is 1. The van der Waals surface area contributed by atoms with Crippen molar-refractivity contribution in [1.82, 2.24) is 10.6 Å². The Hall–Kier alpha value is -2.58. The van der Waals surface area contributed by atoms with Crippen molar-refractivity contribution >= 4 is 27.3 Å². The number of rotatable bonds is 7. The summed E-state index contributed by atoms with van der Waals surface area (Å²) in [5.74, 6) is -0.433. The van der Waals surface area contributed by atoms with Gasteiger partial charge in [0.15, 0.2) is 0 Å². The number of benzene rings is 2. The van der Waals surface area contributed by atoms with E-state index in [0.29, 0.717) is 12.2 Å². The monoisotopic (exact) mass is 472 g/mol. The SMILES string of the molecule is CC(C(=O)NCc1ccc(C(C)(C)C)cc1)c1ccc(NS(C)(=O)=O)c(N2CCNCC2)c1. The van der Waals surface area contributed by atoms with Crippen molar-refractivity contribution in [2.75, 3.05) is 42.1 Å². The van der Waals surface area contributed by atoms with Crippen LogP contribution < -0.4 is 20.3 Å². The molecule has 180 valence electrons. The Labute approximate surface area is 198 Å². The van der Waals surface area contributed by atoms with Gasteiger partial charge in [0.25, 0.3) is 0 Å². The van der Waals surface area contributed by atoms with Gasteiger partial charge in [0.1, 0.15) is 0 Å². The van der Waals surface area contributed by atoms with E-state index in [9.17, 15) is 13.2 Å². The molecule has 33 heavy (non-hydrogen) atoms. The highest BCUT2D eigenvalue weighted by atomic mass is 32.2. The lowest BCUT2D eigenvalue weighted by Gasteiger charge is -2.31. The highest BCUT2D eigenvalue weighted by Gasteiger charge is 2.21. The minimum absolute atomic E-state index is 0.0648. The molecule has 1 aliphatic heterocycles. The maximum absolute atomic E-state index is 12.9. The molecule has 0 bridgehead atoms. The summed E-state index contributed by atoms with van der Waals surface area (Å²) in [7, 11) is -3.41. The molecule has 0 aliphatic carbocycles. The van der Waals surface area contributed by atoms with Crippen LogP contribution in [0.2, 0.25) is 0 Å². The molecule has 1 unspecified atom stereocenters. The Morgan fingerprint density at radius 2 is 1.73 bits per heavy atom. The molecule has 1 atom stereocenters. The Balaban J connectivity index is 1.73. The molecule has 0 saturated carbocycles. The van der Waals surface area contributed by atoms with Gasteiger partial charge < -0.3 is 15.5 Å². The maximum atomic E-state index is 12.9. The summed E-state index contributed by atoms with van der Waals surface area (Å²) in [6.07, 6.45) is 1.15. The quantitative estimate of drug-likeness (QED) is 0.576. The average molecular weight is 473 g/mol. The molecule has 3 rings (SSSR count). The van der Waals surface area contributed by atoms with Gasteiger partial charge in [-0.2, -0.15) is 0 Å². The number of anilines is 2. The van der Waals surface area contributed by atoms with Crippen LogP contribution in [0.25, 0.3) is 0 Å². The molecule has 1 amide bonds. The highest BCUT2D eigenvalue weighted by Crippen LogP contribution is 2.31. The van der Waals surface area contributed by atoms with E-state index in [1.807, 2.05) is 19.1 Å². The van der Waals surface area contributed by atoms with Crippen molar-refractivity contribution < 1.29 is 13.2 Å². The van der Waals surface area contributed by atoms with Gasteiger partial charge in [-0.15, -0.1) is 0 Å². The maximum Gasteiger partial charge on any atom is 0.229 e. The van der Waals surface area contributed by atoms with Crippen LogP contribution >= 0.6 is 0 Å². The van der Waals surface area contributed by atoms with Crippen molar-refractivity contribution in [3.05, 3.63) is 59.2 Å². The lowest BCUT2D eigenvalue weighted by molar-refractivity contribution is -0.122. The molecule has 0 radical (unpaired) electrons. The summed E-state index contributed by atoms with van der Waals surface area (Å²) in [4.78, 5) is 15.0. The first kappa shape index (κ1) is 25.1. The normalized spacial score (nSPS) is 15.7. The minimum atomic E-state index is -3.41. The van der Waals surface area contributed by atoms with E-state index in [0.717, 1.165) is 49.2 Å². The zero-order valence-corrected chi connectivity index (χ0v) is 21.1. The second kappa shape index (κ2) is 10.1. The lowest BCUT2D eigenvalue weighted by atomic mass is 9.87. The number of carbonyl (C=O) groups excluding carboxylic acids is 1. The average Bonchev–Trinajstić information content (AvgIpc) is 2.76. The number of nitrogens with zero attached hydrogens (tertiary/aromatic N) is 1. The van der Waals surface area contributed by atoms with E-state index in [1.165, 1.54) is 5.56 Å². The number of nitrogens with one attached hydrogen (secondary N) is 3. The first-order chi connectivity index (χ1) is 15.4. The van der Waals surface area contributed by atoms with Crippen LogP contribution in [0.4, 0.5) is 11.4 Å². The second-order valence-electron chi connectivity index (χ2n) is 9.77. The number of amides is 1. The third-order valence-corrected chi connectivity index (χ3v) is 6.55. The number of piperazine rings is 1. The summed E-state index contributed by atoms with van der Waals surface area (Å²) in [6.45, 7) is 12.1. The van der Waals surface area contributed by atoms with Crippen LogP contribution in [0.5, 0.6) is 0 Å². The van der Waals surface area contributed by atoms with Crippen LogP contribution in [0.3, 0.4) is 0 Å². The van der Waals surface area contributed by atoms with Gasteiger partial charge in [-0.05, 0) is 41.2 Å². The van der Waals surface area contributed by atoms with E-state index in [2.05, 4.69) is 65.3 Å². The molecule has 2 aromatic rings. The molecule has 0 aromatic heterocycles.